The van der Waals surface area contributed by atoms with E-state index < -0.39 is 0 Å². The third-order valence-electron chi connectivity index (χ3n) is 5.23. The molecule has 0 bridgehead atoms. The molecule has 2 nitrogen and oxygen atoms in total. The number of nitrogens with one attached hydrogen (secondary N) is 1. The van der Waals surface area contributed by atoms with E-state index in [9.17, 15) is 5.11 Å². The van der Waals surface area contributed by atoms with E-state index in [2.05, 4.69) is 36.5 Å². The van der Waals surface area contributed by atoms with E-state index in [1.165, 1.54) is 36.8 Å². The van der Waals surface area contributed by atoms with E-state index in [0.717, 1.165) is 31.2 Å². The van der Waals surface area contributed by atoms with Crippen LogP contribution in [0.2, 0.25) is 0 Å². The maximum atomic E-state index is 9.77. The van der Waals surface area contributed by atoms with Crippen LogP contribution in [-0.2, 0) is 6.54 Å². The van der Waals surface area contributed by atoms with Crippen molar-refractivity contribution in [2.45, 2.75) is 63.5 Å². The van der Waals surface area contributed by atoms with Crippen molar-refractivity contribution in [3.8, 4) is 0 Å². The molecule has 3 rings (SSSR count). The lowest BCUT2D eigenvalue weighted by molar-refractivity contribution is 0.104. The van der Waals surface area contributed by atoms with E-state index in [1.54, 1.807) is 0 Å². The van der Waals surface area contributed by atoms with Crippen molar-refractivity contribution in [2.75, 3.05) is 6.61 Å². The molecule has 2 N–H and O–H groups in total. The van der Waals surface area contributed by atoms with Crippen LogP contribution < -0.4 is 5.32 Å². The molecule has 1 aromatic carbocycles. The molecule has 1 aromatic rings. The quantitative estimate of drug-likeness (QED) is 0.859. The highest BCUT2D eigenvalue weighted by atomic mass is 16.3. The molecule has 0 radical (unpaired) electrons. The van der Waals surface area contributed by atoms with Gasteiger partial charge in [0.2, 0.25) is 0 Å². The highest BCUT2D eigenvalue weighted by Gasteiger charge is 2.32. The molecule has 2 aliphatic carbocycles. The molecule has 0 unspecified atom stereocenters. The summed E-state index contributed by atoms with van der Waals surface area (Å²) in [7, 11) is 0. The summed E-state index contributed by atoms with van der Waals surface area (Å²) in [5.74, 6) is 1.65. The third-order valence-corrected chi connectivity index (χ3v) is 5.23. The Kier molecular flexibility index (Phi) is 4.13. The minimum Gasteiger partial charge on any atom is -0.394 e. The highest BCUT2D eigenvalue weighted by molar-refractivity contribution is 5.28. The molecule has 2 saturated carbocycles. The predicted octanol–water partition coefficient (Wildman–Crippen LogP) is 3.59. The Morgan fingerprint density at radius 1 is 1.10 bits per heavy atom. The minimum absolute atomic E-state index is 0.0400. The van der Waals surface area contributed by atoms with Gasteiger partial charge < -0.3 is 10.4 Å². The molecule has 0 saturated heterocycles. The van der Waals surface area contributed by atoms with E-state index >= 15 is 0 Å². The second kappa shape index (κ2) is 5.87. The summed E-state index contributed by atoms with van der Waals surface area (Å²) in [4.78, 5) is 0. The van der Waals surface area contributed by atoms with Crippen molar-refractivity contribution in [1.82, 2.24) is 5.32 Å². The van der Waals surface area contributed by atoms with Crippen LogP contribution in [0.4, 0.5) is 0 Å². The fraction of sp³-hybridized carbons (Fsp3) is 0.667. The topological polar surface area (TPSA) is 32.3 Å². The summed E-state index contributed by atoms with van der Waals surface area (Å²) in [6.07, 6.45) is 7.39. The fourth-order valence-corrected chi connectivity index (χ4v) is 3.32. The zero-order valence-electron chi connectivity index (χ0n) is 12.6. The molecule has 2 aliphatic rings. The predicted molar refractivity (Wildman–Crippen MR) is 82.7 cm³/mol. The van der Waals surface area contributed by atoms with Gasteiger partial charge in [-0.3, -0.25) is 0 Å². The fourth-order valence-electron chi connectivity index (χ4n) is 3.32. The second-order valence-corrected chi connectivity index (χ2v) is 6.99. The van der Waals surface area contributed by atoms with E-state index in [1.807, 2.05) is 0 Å². The van der Waals surface area contributed by atoms with Crippen LogP contribution in [0.1, 0.15) is 62.5 Å². The van der Waals surface area contributed by atoms with Crippen molar-refractivity contribution in [1.29, 1.82) is 0 Å². The number of hydrogen-bond donors (Lipinski definition) is 2. The number of rotatable bonds is 5. The van der Waals surface area contributed by atoms with E-state index in [0.29, 0.717) is 0 Å². The Morgan fingerprint density at radius 3 is 2.30 bits per heavy atom. The highest BCUT2D eigenvalue weighted by Crippen LogP contribution is 2.40. The first-order chi connectivity index (χ1) is 9.71. The molecule has 0 heterocycles. The third kappa shape index (κ3) is 3.24. The van der Waals surface area contributed by atoms with Gasteiger partial charge in [0.05, 0.1) is 6.61 Å². The van der Waals surface area contributed by atoms with Crippen molar-refractivity contribution < 1.29 is 5.11 Å². The Morgan fingerprint density at radius 2 is 1.75 bits per heavy atom. The summed E-state index contributed by atoms with van der Waals surface area (Å²) in [6, 6.07) is 9.06. The van der Waals surface area contributed by atoms with Gasteiger partial charge in [-0.1, -0.05) is 31.2 Å². The molecule has 0 atom stereocenters. The number of aliphatic hydroxyl groups is 1. The standard InChI is InChI=1S/C18H27NO/c1-14-8-10-18(13-20,11-9-14)19-12-15-2-4-16(5-3-15)17-6-7-17/h2-5,14,17,19-20H,6-13H2,1H3. The minimum atomic E-state index is -0.0400. The van der Waals surface area contributed by atoms with Crippen molar-refractivity contribution >= 4 is 0 Å². The van der Waals surface area contributed by atoms with Crippen molar-refractivity contribution in [3.63, 3.8) is 0 Å². The SMILES string of the molecule is CC1CCC(CO)(NCc2ccc(C3CC3)cc2)CC1. The van der Waals surface area contributed by atoms with Gasteiger partial charge in [0.1, 0.15) is 0 Å². The molecule has 0 spiro atoms. The van der Waals surface area contributed by atoms with E-state index in [-0.39, 0.29) is 12.1 Å². The Labute approximate surface area is 122 Å². The van der Waals surface area contributed by atoms with Crippen LogP contribution in [0, 0.1) is 5.92 Å². The van der Waals surface area contributed by atoms with Gasteiger partial charge in [-0.2, -0.15) is 0 Å². The van der Waals surface area contributed by atoms with Gasteiger partial charge in [-0.25, -0.2) is 0 Å². The van der Waals surface area contributed by atoms with Gasteiger partial charge in [0.25, 0.3) is 0 Å². The molecule has 110 valence electrons. The molecule has 0 aliphatic heterocycles. The van der Waals surface area contributed by atoms with Crippen LogP contribution in [0.25, 0.3) is 0 Å². The van der Waals surface area contributed by atoms with Gasteiger partial charge in [-0.15, -0.1) is 0 Å². The average Bonchev–Trinajstić information content (AvgIpc) is 3.33. The van der Waals surface area contributed by atoms with Crippen molar-refractivity contribution in [2.24, 2.45) is 5.92 Å². The van der Waals surface area contributed by atoms with Crippen LogP contribution in [0.3, 0.4) is 0 Å². The summed E-state index contributed by atoms with van der Waals surface area (Å²) >= 11 is 0. The first kappa shape index (κ1) is 14.1. The van der Waals surface area contributed by atoms with Gasteiger partial charge in [0, 0.05) is 12.1 Å². The smallest absolute Gasteiger partial charge is 0.0613 e. The molecule has 2 heteroatoms. The zero-order valence-corrected chi connectivity index (χ0v) is 12.6. The summed E-state index contributed by atoms with van der Waals surface area (Å²) in [6.45, 7) is 3.46. The maximum Gasteiger partial charge on any atom is 0.0613 e. The zero-order chi connectivity index (χ0) is 14.0. The molecule has 0 aromatic heterocycles. The second-order valence-electron chi connectivity index (χ2n) is 6.99. The monoisotopic (exact) mass is 273 g/mol. The maximum absolute atomic E-state index is 9.77. The van der Waals surface area contributed by atoms with E-state index in [4.69, 9.17) is 0 Å². The van der Waals surface area contributed by atoms with Gasteiger partial charge >= 0.3 is 0 Å². The lowest BCUT2D eigenvalue weighted by atomic mass is 9.77. The molecule has 2 fully saturated rings. The number of aliphatic hydroxyl groups excluding tert-OH is 1. The molecule has 20 heavy (non-hydrogen) atoms. The first-order valence-corrected chi connectivity index (χ1v) is 8.15. The first-order valence-electron chi connectivity index (χ1n) is 8.15. The summed E-state index contributed by atoms with van der Waals surface area (Å²) in [5, 5.41) is 13.4. The molecular weight excluding hydrogens is 246 g/mol. The van der Waals surface area contributed by atoms with Crippen LogP contribution in [0.15, 0.2) is 24.3 Å². The Hall–Kier alpha value is -0.860. The number of hydrogen-bond acceptors (Lipinski definition) is 2. The van der Waals surface area contributed by atoms with Crippen LogP contribution >= 0.6 is 0 Å². The Bertz CT molecular complexity index is 427. The lowest BCUT2D eigenvalue weighted by Gasteiger charge is -2.39. The van der Waals surface area contributed by atoms with Crippen LogP contribution in [0.5, 0.6) is 0 Å². The largest absolute Gasteiger partial charge is 0.394 e. The number of benzene rings is 1. The summed E-state index contributed by atoms with van der Waals surface area (Å²) < 4.78 is 0. The van der Waals surface area contributed by atoms with Crippen molar-refractivity contribution in [3.05, 3.63) is 35.4 Å². The molecule has 0 amide bonds. The summed E-state index contributed by atoms with van der Waals surface area (Å²) in [5.41, 5.74) is 2.79. The normalized spacial score (nSPS) is 30.4. The average molecular weight is 273 g/mol. The van der Waals surface area contributed by atoms with Gasteiger partial charge in [-0.05, 0) is 61.5 Å². The lowest BCUT2D eigenvalue weighted by Crippen LogP contribution is -2.50. The molecular formula is C18H27NO. The Balaban J connectivity index is 1.56. The van der Waals surface area contributed by atoms with Crippen LogP contribution in [-0.4, -0.2) is 17.3 Å². The van der Waals surface area contributed by atoms with Gasteiger partial charge in [0.15, 0.2) is 0 Å².